The Morgan fingerprint density at radius 3 is 2.17 bits per heavy atom. The van der Waals surface area contributed by atoms with E-state index in [-0.39, 0.29) is 17.3 Å². The number of para-hydroxylation sites is 1. The van der Waals surface area contributed by atoms with E-state index in [0.29, 0.717) is 17.3 Å². The summed E-state index contributed by atoms with van der Waals surface area (Å²) in [5.41, 5.74) is 1.07. The molecule has 0 aliphatic rings. The fourth-order valence-corrected chi connectivity index (χ4v) is 5.23. The van der Waals surface area contributed by atoms with Crippen LogP contribution in [0.4, 0.5) is 5.69 Å². The zero-order valence-electron chi connectivity index (χ0n) is 19.6. The third kappa shape index (κ3) is 6.61. The fourth-order valence-electron chi connectivity index (χ4n) is 3.58. The molecule has 0 aromatic heterocycles. The number of benzene rings is 3. The topological polar surface area (TPSA) is 86.8 Å². The van der Waals surface area contributed by atoms with Gasteiger partial charge >= 0.3 is 0 Å². The van der Waals surface area contributed by atoms with Gasteiger partial charge in [-0.25, -0.2) is 8.42 Å². The summed E-state index contributed by atoms with van der Waals surface area (Å²) in [6, 6.07) is 22.5. The van der Waals surface area contributed by atoms with Gasteiger partial charge in [0.1, 0.15) is 12.6 Å². The van der Waals surface area contributed by atoms with Gasteiger partial charge in [-0.3, -0.25) is 13.9 Å². The van der Waals surface area contributed by atoms with Crippen molar-refractivity contribution in [2.75, 3.05) is 17.4 Å². The van der Waals surface area contributed by atoms with Gasteiger partial charge in [0, 0.05) is 18.1 Å². The van der Waals surface area contributed by atoms with Gasteiger partial charge in [-0.15, -0.1) is 0 Å². The lowest BCUT2D eigenvalue weighted by molar-refractivity contribution is -0.139. The van der Waals surface area contributed by atoms with Crippen LogP contribution >= 0.6 is 11.6 Å². The van der Waals surface area contributed by atoms with Crippen molar-refractivity contribution in [3.05, 3.63) is 95.5 Å². The van der Waals surface area contributed by atoms with Crippen molar-refractivity contribution in [1.29, 1.82) is 0 Å². The number of carbonyl (C=O) groups is 2. The second-order valence-electron chi connectivity index (χ2n) is 7.88. The summed E-state index contributed by atoms with van der Waals surface area (Å²) in [5, 5.41) is 3.23. The molecule has 1 atom stereocenters. The summed E-state index contributed by atoms with van der Waals surface area (Å²) in [4.78, 5) is 27.7. The van der Waals surface area contributed by atoms with Crippen molar-refractivity contribution in [1.82, 2.24) is 10.2 Å². The Labute approximate surface area is 211 Å². The molecule has 3 rings (SSSR count). The van der Waals surface area contributed by atoms with Crippen LogP contribution in [-0.2, 0) is 26.2 Å². The highest BCUT2D eigenvalue weighted by atomic mass is 35.5. The quantitative estimate of drug-likeness (QED) is 0.442. The molecule has 0 radical (unpaired) electrons. The Kier molecular flexibility index (Phi) is 8.89. The maximum Gasteiger partial charge on any atom is 0.264 e. The molecule has 7 nitrogen and oxygen atoms in total. The zero-order chi connectivity index (χ0) is 25.4. The smallest absolute Gasteiger partial charge is 0.264 e. The van der Waals surface area contributed by atoms with Crippen LogP contribution in [0.5, 0.6) is 0 Å². The minimum absolute atomic E-state index is 0.0646. The number of nitrogens with zero attached hydrogens (tertiary/aromatic N) is 2. The Morgan fingerprint density at radius 1 is 0.943 bits per heavy atom. The molecular weight excluding hydrogens is 486 g/mol. The molecule has 2 amide bonds. The Hall–Kier alpha value is -3.36. The highest BCUT2D eigenvalue weighted by Gasteiger charge is 2.32. The van der Waals surface area contributed by atoms with Crippen molar-refractivity contribution in [3.8, 4) is 0 Å². The Morgan fingerprint density at radius 2 is 1.57 bits per heavy atom. The second-order valence-corrected chi connectivity index (χ2v) is 10.2. The first kappa shape index (κ1) is 26.2. The predicted octanol–water partition coefficient (Wildman–Crippen LogP) is 4.09. The fraction of sp³-hybridized carbons (Fsp3) is 0.231. The van der Waals surface area contributed by atoms with Crippen LogP contribution < -0.4 is 9.62 Å². The Bertz CT molecular complexity index is 1250. The average Bonchev–Trinajstić information content (AvgIpc) is 2.86. The first-order chi connectivity index (χ1) is 16.7. The van der Waals surface area contributed by atoms with Crippen LogP contribution in [0.15, 0.2) is 89.8 Å². The van der Waals surface area contributed by atoms with Crippen molar-refractivity contribution in [3.63, 3.8) is 0 Å². The molecule has 0 aliphatic heterocycles. The molecule has 9 heteroatoms. The molecule has 3 aromatic carbocycles. The molecule has 0 fully saturated rings. The van der Waals surface area contributed by atoms with Gasteiger partial charge in [0.25, 0.3) is 10.0 Å². The van der Waals surface area contributed by atoms with E-state index in [0.717, 1.165) is 9.87 Å². The van der Waals surface area contributed by atoms with E-state index in [1.165, 1.54) is 17.0 Å². The number of rotatable bonds is 10. The number of anilines is 1. The van der Waals surface area contributed by atoms with Gasteiger partial charge in [0.05, 0.1) is 10.6 Å². The van der Waals surface area contributed by atoms with E-state index in [9.17, 15) is 18.0 Å². The van der Waals surface area contributed by atoms with Gasteiger partial charge in [0.2, 0.25) is 11.8 Å². The number of amides is 2. The highest BCUT2D eigenvalue weighted by Crippen LogP contribution is 2.24. The zero-order valence-corrected chi connectivity index (χ0v) is 21.2. The molecule has 0 unspecified atom stereocenters. The lowest BCUT2D eigenvalue weighted by Crippen LogP contribution is -2.51. The molecule has 35 heavy (non-hydrogen) atoms. The van der Waals surface area contributed by atoms with E-state index < -0.39 is 28.5 Å². The standard InChI is InChI=1S/C26H28ClN3O4S/c1-3-28-26(32)20(2)29(18-21-11-10-12-22(27)17-21)25(31)19-30(23-13-6-4-7-14-23)35(33,34)24-15-8-5-9-16-24/h4-17,20H,3,18-19H2,1-2H3,(H,28,32)/t20-/m0/s1. The van der Waals surface area contributed by atoms with Crippen LogP contribution in [0.2, 0.25) is 5.02 Å². The maximum absolute atomic E-state index is 13.7. The van der Waals surface area contributed by atoms with Crippen molar-refractivity contribution < 1.29 is 18.0 Å². The second kappa shape index (κ2) is 11.9. The first-order valence-corrected chi connectivity index (χ1v) is 13.0. The Balaban J connectivity index is 1.99. The first-order valence-electron chi connectivity index (χ1n) is 11.2. The average molecular weight is 514 g/mol. The molecule has 0 spiro atoms. The van der Waals surface area contributed by atoms with Crippen LogP contribution in [0.25, 0.3) is 0 Å². The van der Waals surface area contributed by atoms with Gasteiger partial charge in [-0.2, -0.15) is 0 Å². The summed E-state index contributed by atoms with van der Waals surface area (Å²) >= 11 is 6.12. The third-order valence-electron chi connectivity index (χ3n) is 5.41. The predicted molar refractivity (Wildman–Crippen MR) is 138 cm³/mol. The number of hydrogen-bond acceptors (Lipinski definition) is 4. The SMILES string of the molecule is CCNC(=O)[C@H](C)N(Cc1cccc(Cl)c1)C(=O)CN(c1ccccc1)S(=O)(=O)c1ccccc1. The number of sulfonamides is 1. The minimum Gasteiger partial charge on any atom is -0.355 e. The van der Waals surface area contributed by atoms with Crippen LogP contribution in [0.1, 0.15) is 19.4 Å². The monoisotopic (exact) mass is 513 g/mol. The van der Waals surface area contributed by atoms with Gasteiger partial charge < -0.3 is 10.2 Å². The molecule has 0 aliphatic carbocycles. The lowest BCUT2D eigenvalue weighted by Gasteiger charge is -2.32. The van der Waals surface area contributed by atoms with Crippen LogP contribution in [0.3, 0.4) is 0 Å². The van der Waals surface area contributed by atoms with Gasteiger partial charge in [0.15, 0.2) is 0 Å². The number of nitrogens with one attached hydrogen (secondary N) is 1. The third-order valence-corrected chi connectivity index (χ3v) is 7.44. The molecule has 0 saturated heterocycles. The van der Waals surface area contributed by atoms with E-state index in [2.05, 4.69) is 5.32 Å². The summed E-state index contributed by atoms with van der Waals surface area (Å²) < 4.78 is 28.2. The molecule has 0 heterocycles. The number of carbonyl (C=O) groups excluding carboxylic acids is 2. The van der Waals surface area contributed by atoms with Gasteiger partial charge in [-0.1, -0.05) is 60.1 Å². The molecule has 0 bridgehead atoms. The van der Waals surface area contributed by atoms with Crippen LogP contribution in [-0.4, -0.2) is 44.3 Å². The number of halogens is 1. The summed E-state index contributed by atoms with van der Waals surface area (Å²) in [5.74, 6) is -0.854. The van der Waals surface area contributed by atoms with Crippen LogP contribution in [0, 0.1) is 0 Å². The van der Waals surface area contributed by atoms with Crippen molar-refractivity contribution in [2.45, 2.75) is 31.3 Å². The largest absolute Gasteiger partial charge is 0.355 e. The van der Waals surface area contributed by atoms with Crippen molar-refractivity contribution in [2.24, 2.45) is 0 Å². The molecule has 1 N–H and O–H groups in total. The van der Waals surface area contributed by atoms with E-state index in [1.807, 2.05) is 0 Å². The minimum atomic E-state index is -4.05. The van der Waals surface area contributed by atoms with Crippen molar-refractivity contribution >= 4 is 39.1 Å². The normalized spacial score (nSPS) is 12.0. The van der Waals surface area contributed by atoms with E-state index in [1.54, 1.807) is 86.6 Å². The summed E-state index contributed by atoms with van der Waals surface area (Å²) in [6.45, 7) is 3.42. The number of likely N-dealkylation sites (N-methyl/N-ethyl adjacent to an activating group) is 1. The lowest BCUT2D eigenvalue weighted by atomic mass is 10.1. The maximum atomic E-state index is 13.7. The molecule has 184 valence electrons. The summed E-state index contributed by atoms with van der Waals surface area (Å²) in [7, 11) is -4.05. The summed E-state index contributed by atoms with van der Waals surface area (Å²) in [6.07, 6.45) is 0. The van der Waals surface area contributed by atoms with E-state index in [4.69, 9.17) is 11.6 Å². The van der Waals surface area contributed by atoms with E-state index >= 15 is 0 Å². The molecular formula is C26H28ClN3O4S. The number of hydrogen-bond donors (Lipinski definition) is 1. The molecule has 3 aromatic rings. The molecule has 0 saturated carbocycles. The highest BCUT2D eigenvalue weighted by molar-refractivity contribution is 7.92. The van der Waals surface area contributed by atoms with Gasteiger partial charge in [-0.05, 0) is 55.8 Å².